The Morgan fingerprint density at radius 1 is 1.21 bits per heavy atom. The van der Waals surface area contributed by atoms with Gasteiger partial charge in [-0.05, 0) is 44.3 Å². The first-order chi connectivity index (χ1) is 15.9. The van der Waals surface area contributed by atoms with Crippen LogP contribution in [0.15, 0.2) is 11.0 Å². The van der Waals surface area contributed by atoms with Crippen LogP contribution in [-0.4, -0.2) is 57.5 Å². The van der Waals surface area contributed by atoms with Gasteiger partial charge in [-0.15, -0.1) is 11.3 Å². The van der Waals surface area contributed by atoms with E-state index in [0.717, 1.165) is 35.5 Å². The number of hydrogen-bond donors (Lipinski definition) is 2. The number of thiazole rings is 1. The third kappa shape index (κ3) is 6.53. The minimum Gasteiger partial charge on any atom is -0.458 e. The number of carbonyl (C=O) groups is 2. The molecule has 2 fully saturated rings. The summed E-state index contributed by atoms with van der Waals surface area (Å²) in [6.07, 6.45) is 2.28. The molecular weight excluding hydrogens is 454 g/mol. The first-order valence-corrected chi connectivity index (χ1v) is 13.1. The molecule has 7 nitrogen and oxygen atoms in total. The van der Waals surface area contributed by atoms with Gasteiger partial charge in [0.15, 0.2) is 0 Å². The molecule has 1 aromatic heterocycles. The molecule has 34 heavy (non-hydrogen) atoms. The molecule has 2 saturated heterocycles. The number of nitrogens with zero attached hydrogens (tertiary/aromatic N) is 1. The Morgan fingerprint density at radius 2 is 1.91 bits per heavy atom. The molecule has 0 bridgehead atoms. The van der Waals surface area contributed by atoms with Crippen molar-refractivity contribution in [3.05, 3.63) is 21.7 Å². The number of esters is 1. The lowest BCUT2D eigenvalue weighted by Crippen LogP contribution is -2.45. The van der Waals surface area contributed by atoms with E-state index in [0.29, 0.717) is 6.42 Å². The molecule has 0 aromatic carbocycles. The van der Waals surface area contributed by atoms with Crippen LogP contribution in [0.25, 0.3) is 6.08 Å². The highest BCUT2D eigenvalue weighted by Crippen LogP contribution is 2.36. The van der Waals surface area contributed by atoms with Crippen LogP contribution >= 0.6 is 11.3 Å². The average Bonchev–Trinajstić information content (AvgIpc) is 3.38. The van der Waals surface area contributed by atoms with Gasteiger partial charge in [0.2, 0.25) is 0 Å². The van der Waals surface area contributed by atoms with Crippen molar-refractivity contribution in [2.24, 2.45) is 17.3 Å². The largest absolute Gasteiger partial charge is 0.458 e. The van der Waals surface area contributed by atoms with Crippen LogP contribution < -0.4 is 0 Å². The summed E-state index contributed by atoms with van der Waals surface area (Å²) in [6, 6.07) is 0. The van der Waals surface area contributed by atoms with Crippen LogP contribution in [-0.2, 0) is 19.1 Å². The zero-order valence-electron chi connectivity index (χ0n) is 21.1. The Labute approximate surface area is 206 Å². The van der Waals surface area contributed by atoms with E-state index in [-0.39, 0.29) is 30.3 Å². The number of Topliss-reactive ketones (excluding diaryl/α,β-unsaturated/α-hetero) is 1. The number of carbonyl (C=O) groups excluding carboxylic acids is 2. The molecule has 0 aliphatic carbocycles. The van der Waals surface area contributed by atoms with Crippen molar-refractivity contribution < 1.29 is 29.3 Å². The zero-order valence-corrected chi connectivity index (χ0v) is 21.9. The van der Waals surface area contributed by atoms with Crippen molar-refractivity contribution in [3.63, 3.8) is 0 Å². The quantitative estimate of drug-likeness (QED) is 0.472. The van der Waals surface area contributed by atoms with Gasteiger partial charge in [0.1, 0.15) is 11.9 Å². The van der Waals surface area contributed by atoms with Gasteiger partial charge >= 0.3 is 5.97 Å². The fraction of sp³-hybridized carbons (Fsp3) is 0.731. The zero-order chi connectivity index (χ0) is 25.2. The van der Waals surface area contributed by atoms with Crippen molar-refractivity contribution in [3.8, 4) is 0 Å². The molecule has 190 valence electrons. The summed E-state index contributed by atoms with van der Waals surface area (Å²) in [5, 5.41) is 24.5. The van der Waals surface area contributed by atoms with Gasteiger partial charge in [-0.1, -0.05) is 34.1 Å². The molecule has 1 aromatic rings. The van der Waals surface area contributed by atoms with E-state index in [1.165, 1.54) is 0 Å². The number of rotatable bonds is 2. The number of aliphatic hydroxyl groups excluding tert-OH is 2. The second-order valence-electron chi connectivity index (χ2n) is 10.6. The third-order valence-corrected chi connectivity index (χ3v) is 8.20. The summed E-state index contributed by atoms with van der Waals surface area (Å²) in [7, 11) is 0. The standard InChI is InChI=1S/C26H39NO6S/c1-14-8-7-9-19-21(32-19)11-20(15(2)10-18-13-34-17(4)27-18)33-23(29)12-22(28)26(5,6)25(31)16(3)24(14)30/h10,13-14,16,19-22,24,28,30H,7-9,11-12H2,1-6H3/t14?,16?,19-,20+,21+,22?,24+/m1/s1. The highest BCUT2D eigenvalue weighted by atomic mass is 32.1. The second-order valence-corrected chi connectivity index (χ2v) is 11.7. The van der Waals surface area contributed by atoms with Crippen LogP contribution in [0.3, 0.4) is 0 Å². The Morgan fingerprint density at radius 3 is 2.56 bits per heavy atom. The summed E-state index contributed by atoms with van der Waals surface area (Å²) in [4.78, 5) is 30.5. The van der Waals surface area contributed by atoms with Crippen molar-refractivity contribution >= 4 is 29.2 Å². The van der Waals surface area contributed by atoms with Crippen LogP contribution in [0.5, 0.6) is 0 Å². The summed E-state index contributed by atoms with van der Waals surface area (Å²) >= 11 is 1.56. The van der Waals surface area contributed by atoms with Gasteiger partial charge in [-0.2, -0.15) is 0 Å². The molecule has 2 aliphatic heterocycles. The summed E-state index contributed by atoms with van der Waals surface area (Å²) in [6.45, 7) is 10.8. The SMILES string of the molecule is CC(=Cc1csc(C)n1)[C@@H]1C[C@@H]2O[C@@H]2CCCC(C)[C@H](O)C(C)C(=O)C(C)(C)C(O)CC(=O)O1. The van der Waals surface area contributed by atoms with Gasteiger partial charge in [-0.3, -0.25) is 9.59 Å². The molecule has 7 atom stereocenters. The second kappa shape index (κ2) is 11.0. The molecule has 0 radical (unpaired) electrons. The van der Waals surface area contributed by atoms with E-state index in [4.69, 9.17) is 9.47 Å². The summed E-state index contributed by atoms with van der Waals surface area (Å²) < 4.78 is 11.7. The van der Waals surface area contributed by atoms with Gasteiger partial charge in [0.25, 0.3) is 0 Å². The normalized spacial score (nSPS) is 36.0. The van der Waals surface area contributed by atoms with Crippen LogP contribution in [0.1, 0.15) is 77.4 Å². The van der Waals surface area contributed by atoms with Crippen LogP contribution in [0, 0.1) is 24.2 Å². The fourth-order valence-electron chi connectivity index (χ4n) is 4.78. The number of aromatic nitrogens is 1. The molecule has 3 rings (SSSR count). The van der Waals surface area contributed by atoms with E-state index in [2.05, 4.69) is 4.98 Å². The van der Waals surface area contributed by atoms with E-state index in [1.54, 1.807) is 32.1 Å². The first kappa shape index (κ1) is 27.0. The number of ketones is 1. The van der Waals surface area contributed by atoms with E-state index in [9.17, 15) is 19.8 Å². The van der Waals surface area contributed by atoms with Crippen molar-refractivity contribution in [1.82, 2.24) is 4.98 Å². The Kier molecular flexibility index (Phi) is 8.71. The van der Waals surface area contributed by atoms with Crippen molar-refractivity contribution in [2.45, 2.75) is 104 Å². The first-order valence-electron chi connectivity index (χ1n) is 12.3. The minimum absolute atomic E-state index is 0.00770. The number of fused-ring (bicyclic) bond motifs is 1. The number of aliphatic hydroxyl groups is 2. The third-order valence-electron chi connectivity index (χ3n) is 7.41. The van der Waals surface area contributed by atoms with E-state index in [1.807, 2.05) is 32.2 Å². The molecule has 0 spiro atoms. The predicted octanol–water partition coefficient (Wildman–Crippen LogP) is 4.09. The highest BCUT2D eigenvalue weighted by molar-refractivity contribution is 7.09. The lowest BCUT2D eigenvalue weighted by molar-refractivity contribution is -0.154. The predicted molar refractivity (Wildman–Crippen MR) is 131 cm³/mol. The van der Waals surface area contributed by atoms with Crippen LogP contribution in [0.2, 0.25) is 0 Å². The molecular formula is C26H39NO6S. The molecule has 3 heterocycles. The van der Waals surface area contributed by atoms with Crippen molar-refractivity contribution in [2.75, 3.05) is 0 Å². The molecule has 8 heteroatoms. The number of hydrogen-bond acceptors (Lipinski definition) is 8. The molecule has 0 amide bonds. The lowest BCUT2D eigenvalue weighted by atomic mass is 9.73. The van der Waals surface area contributed by atoms with E-state index >= 15 is 0 Å². The smallest absolute Gasteiger partial charge is 0.309 e. The molecule has 2 N–H and O–H groups in total. The molecule has 0 saturated carbocycles. The number of aryl methyl sites for hydroxylation is 1. The topological polar surface area (TPSA) is 109 Å². The maximum atomic E-state index is 13.2. The van der Waals surface area contributed by atoms with Gasteiger partial charge in [0.05, 0.1) is 47.0 Å². The van der Waals surface area contributed by atoms with Gasteiger partial charge < -0.3 is 19.7 Å². The van der Waals surface area contributed by atoms with Gasteiger partial charge in [-0.25, -0.2) is 4.98 Å². The van der Waals surface area contributed by atoms with Crippen molar-refractivity contribution in [1.29, 1.82) is 0 Å². The maximum Gasteiger partial charge on any atom is 0.309 e. The Balaban J connectivity index is 1.81. The highest BCUT2D eigenvalue weighted by Gasteiger charge is 2.44. The van der Waals surface area contributed by atoms with Gasteiger partial charge in [0, 0.05) is 17.7 Å². The monoisotopic (exact) mass is 493 g/mol. The van der Waals surface area contributed by atoms with E-state index < -0.39 is 35.6 Å². The fourth-order valence-corrected chi connectivity index (χ4v) is 5.35. The summed E-state index contributed by atoms with van der Waals surface area (Å²) in [5.74, 6) is -1.52. The van der Waals surface area contributed by atoms with Crippen LogP contribution in [0.4, 0.5) is 0 Å². The average molecular weight is 494 g/mol. The summed E-state index contributed by atoms with van der Waals surface area (Å²) in [5.41, 5.74) is 0.494. The number of cyclic esters (lactones) is 1. The maximum absolute atomic E-state index is 13.2. The minimum atomic E-state index is -1.22. The molecule has 3 unspecified atom stereocenters. The molecule has 2 aliphatic rings. The Bertz CT molecular complexity index is 909. The lowest BCUT2D eigenvalue weighted by Gasteiger charge is -2.34. The number of ether oxygens (including phenoxy) is 2. The number of epoxide rings is 1. The Hall–Kier alpha value is -1.61.